The quantitative estimate of drug-likeness (QED) is 0.883. The first-order chi connectivity index (χ1) is 8.20. The zero-order chi connectivity index (χ0) is 12.3. The topological polar surface area (TPSA) is 42.1 Å². The monoisotopic (exact) mass is 231 g/mol. The number of hydrogen-bond acceptors (Lipinski definition) is 3. The van der Waals surface area contributed by atoms with Crippen molar-refractivity contribution in [2.45, 2.75) is 6.92 Å². The van der Waals surface area contributed by atoms with Crippen LogP contribution >= 0.6 is 0 Å². The van der Waals surface area contributed by atoms with Crippen LogP contribution in [0.2, 0.25) is 0 Å². The van der Waals surface area contributed by atoms with Crippen LogP contribution in [-0.2, 0) is 0 Å². The molecule has 1 aromatic heterocycles. The Hall–Kier alpha value is -2.10. The summed E-state index contributed by atoms with van der Waals surface area (Å²) in [7, 11) is 0. The van der Waals surface area contributed by atoms with E-state index in [0.717, 1.165) is 11.5 Å². The zero-order valence-corrected chi connectivity index (χ0v) is 9.60. The fourth-order valence-electron chi connectivity index (χ4n) is 1.71. The van der Waals surface area contributed by atoms with E-state index in [9.17, 15) is 4.39 Å². The van der Waals surface area contributed by atoms with Crippen LogP contribution in [0.4, 0.5) is 21.7 Å². The van der Waals surface area contributed by atoms with Gasteiger partial charge in [0.1, 0.15) is 17.5 Å². The van der Waals surface area contributed by atoms with E-state index in [4.69, 9.17) is 5.73 Å². The van der Waals surface area contributed by atoms with Gasteiger partial charge in [-0.2, -0.15) is 0 Å². The second kappa shape index (κ2) is 4.82. The molecule has 0 saturated heterocycles. The van der Waals surface area contributed by atoms with Crippen molar-refractivity contribution in [2.75, 3.05) is 17.2 Å². The van der Waals surface area contributed by atoms with Gasteiger partial charge in [0.15, 0.2) is 0 Å². The number of nitrogens with two attached hydrogens (primary N) is 1. The molecule has 1 heterocycles. The van der Waals surface area contributed by atoms with Gasteiger partial charge in [-0.3, -0.25) is 0 Å². The van der Waals surface area contributed by atoms with E-state index in [-0.39, 0.29) is 5.82 Å². The first-order valence-corrected chi connectivity index (χ1v) is 5.46. The van der Waals surface area contributed by atoms with Crippen molar-refractivity contribution in [1.82, 2.24) is 4.98 Å². The minimum atomic E-state index is -0.259. The van der Waals surface area contributed by atoms with Crippen molar-refractivity contribution >= 4 is 17.3 Å². The molecule has 0 radical (unpaired) electrons. The number of hydrogen-bond donors (Lipinski definition) is 1. The normalized spacial score (nSPS) is 10.2. The maximum atomic E-state index is 13.2. The van der Waals surface area contributed by atoms with E-state index in [1.54, 1.807) is 12.1 Å². The molecule has 88 valence electrons. The van der Waals surface area contributed by atoms with Gasteiger partial charge in [0.05, 0.1) is 0 Å². The summed E-state index contributed by atoms with van der Waals surface area (Å²) in [5.41, 5.74) is 6.42. The Morgan fingerprint density at radius 3 is 2.65 bits per heavy atom. The molecule has 0 aliphatic heterocycles. The van der Waals surface area contributed by atoms with E-state index in [2.05, 4.69) is 4.98 Å². The molecule has 0 aliphatic rings. The molecule has 17 heavy (non-hydrogen) atoms. The molecule has 0 bridgehead atoms. The fraction of sp³-hybridized carbons (Fsp3) is 0.154. The van der Waals surface area contributed by atoms with Gasteiger partial charge in [0.25, 0.3) is 0 Å². The van der Waals surface area contributed by atoms with E-state index in [1.165, 1.54) is 12.1 Å². The molecule has 0 unspecified atom stereocenters. The summed E-state index contributed by atoms with van der Waals surface area (Å²) in [6.07, 6.45) is 0. The third kappa shape index (κ3) is 2.53. The average Bonchev–Trinajstić information content (AvgIpc) is 2.30. The van der Waals surface area contributed by atoms with Gasteiger partial charge >= 0.3 is 0 Å². The number of rotatable bonds is 3. The summed E-state index contributed by atoms with van der Waals surface area (Å²) < 4.78 is 13.2. The summed E-state index contributed by atoms with van der Waals surface area (Å²) in [4.78, 5) is 6.13. The molecule has 3 nitrogen and oxygen atoms in total. The molecule has 0 saturated carbocycles. The third-order valence-corrected chi connectivity index (χ3v) is 2.47. The molecule has 0 amide bonds. The highest BCUT2D eigenvalue weighted by Crippen LogP contribution is 2.24. The van der Waals surface area contributed by atoms with Crippen molar-refractivity contribution < 1.29 is 4.39 Å². The summed E-state index contributed by atoms with van der Waals surface area (Å²) in [6, 6.07) is 11.8. The lowest BCUT2D eigenvalue weighted by atomic mass is 10.2. The van der Waals surface area contributed by atoms with Crippen molar-refractivity contribution in [3.8, 4) is 0 Å². The molecule has 4 heteroatoms. The fourth-order valence-corrected chi connectivity index (χ4v) is 1.71. The molecule has 0 atom stereocenters. The summed E-state index contributed by atoms with van der Waals surface area (Å²) in [5, 5.41) is 0. The third-order valence-electron chi connectivity index (χ3n) is 2.47. The molecular formula is C13H14FN3. The molecule has 0 fully saturated rings. The summed E-state index contributed by atoms with van der Waals surface area (Å²) >= 11 is 0. The first kappa shape index (κ1) is 11.4. The first-order valence-electron chi connectivity index (χ1n) is 5.46. The second-order valence-electron chi connectivity index (χ2n) is 3.64. The molecule has 0 aliphatic carbocycles. The van der Waals surface area contributed by atoms with Crippen LogP contribution in [0.3, 0.4) is 0 Å². The minimum absolute atomic E-state index is 0.259. The lowest BCUT2D eigenvalue weighted by Crippen LogP contribution is -2.17. The van der Waals surface area contributed by atoms with Crippen LogP contribution in [0.15, 0.2) is 42.5 Å². The van der Waals surface area contributed by atoms with Gasteiger partial charge in [0, 0.05) is 12.2 Å². The van der Waals surface area contributed by atoms with Crippen LogP contribution in [0.1, 0.15) is 6.92 Å². The average molecular weight is 231 g/mol. The number of anilines is 3. The number of nitrogen functional groups attached to an aromatic ring is 1. The molecule has 2 rings (SSSR count). The molecule has 2 N–H and O–H groups in total. The largest absolute Gasteiger partial charge is 0.384 e. The predicted molar refractivity (Wildman–Crippen MR) is 67.7 cm³/mol. The molecule has 2 aromatic rings. The Balaban J connectivity index is 2.40. The smallest absolute Gasteiger partial charge is 0.135 e. The number of pyridine rings is 1. The van der Waals surface area contributed by atoms with Crippen molar-refractivity contribution in [3.63, 3.8) is 0 Å². The minimum Gasteiger partial charge on any atom is -0.384 e. The molecule has 0 spiro atoms. The lowest BCUT2D eigenvalue weighted by Gasteiger charge is -2.22. The van der Waals surface area contributed by atoms with Gasteiger partial charge in [-0.05, 0) is 37.3 Å². The molecular weight excluding hydrogens is 217 g/mol. The Bertz CT molecular complexity index is 468. The van der Waals surface area contributed by atoms with Crippen LogP contribution in [-0.4, -0.2) is 11.5 Å². The van der Waals surface area contributed by atoms with Gasteiger partial charge in [0.2, 0.25) is 0 Å². The van der Waals surface area contributed by atoms with Gasteiger partial charge in [-0.1, -0.05) is 12.1 Å². The maximum Gasteiger partial charge on any atom is 0.135 e. The Kier molecular flexibility index (Phi) is 3.23. The van der Waals surface area contributed by atoms with Crippen LogP contribution in [0, 0.1) is 5.82 Å². The number of benzene rings is 1. The number of halogens is 1. The maximum absolute atomic E-state index is 13.2. The second-order valence-corrected chi connectivity index (χ2v) is 3.64. The molecule has 1 aromatic carbocycles. The summed E-state index contributed by atoms with van der Waals surface area (Å²) in [6.45, 7) is 2.68. The van der Waals surface area contributed by atoms with Gasteiger partial charge in [-0.15, -0.1) is 0 Å². The van der Waals surface area contributed by atoms with Crippen molar-refractivity contribution in [2.24, 2.45) is 0 Å². The van der Waals surface area contributed by atoms with Crippen molar-refractivity contribution in [1.29, 1.82) is 0 Å². The number of aromatic nitrogens is 1. The Morgan fingerprint density at radius 1 is 1.24 bits per heavy atom. The SMILES string of the molecule is CCN(c1cccc(F)c1)c1cccc(N)n1. The van der Waals surface area contributed by atoms with E-state index >= 15 is 0 Å². The van der Waals surface area contributed by atoms with E-state index in [0.29, 0.717) is 12.4 Å². The summed E-state index contributed by atoms with van der Waals surface area (Å²) in [5.74, 6) is 0.917. The van der Waals surface area contributed by atoms with Gasteiger partial charge in [-0.25, -0.2) is 9.37 Å². The Morgan fingerprint density at radius 2 is 2.00 bits per heavy atom. The van der Waals surface area contributed by atoms with Crippen LogP contribution < -0.4 is 10.6 Å². The Labute approximate surface area is 99.7 Å². The van der Waals surface area contributed by atoms with Crippen molar-refractivity contribution in [3.05, 3.63) is 48.3 Å². The van der Waals surface area contributed by atoms with E-state index in [1.807, 2.05) is 30.0 Å². The van der Waals surface area contributed by atoms with Crippen LogP contribution in [0.25, 0.3) is 0 Å². The highest BCUT2D eigenvalue weighted by atomic mass is 19.1. The zero-order valence-electron chi connectivity index (χ0n) is 9.60. The standard InChI is InChI=1S/C13H14FN3/c1-2-17(11-6-3-5-10(14)9-11)13-8-4-7-12(15)16-13/h3-9H,2H2,1H3,(H2,15,16). The highest BCUT2D eigenvalue weighted by Gasteiger charge is 2.09. The van der Waals surface area contributed by atoms with Gasteiger partial charge < -0.3 is 10.6 Å². The predicted octanol–water partition coefficient (Wildman–Crippen LogP) is 2.96. The number of nitrogens with zero attached hydrogens (tertiary/aromatic N) is 2. The highest BCUT2D eigenvalue weighted by molar-refractivity contribution is 5.61. The lowest BCUT2D eigenvalue weighted by molar-refractivity contribution is 0.627. The van der Waals surface area contributed by atoms with Crippen LogP contribution in [0.5, 0.6) is 0 Å². The van der Waals surface area contributed by atoms with E-state index < -0.39 is 0 Å².